The molecule has 5 nitrogen and oxygen atoms in total. The Hall–Kier alpha value is -1.43. The molecule has 23 heavy (non-hydrogen) atoms. The third-order valence-corrected chi connectivity index (χ3v) is 3.93. The molecule has 0 spiro atoms. The summed E-state index contributed by atoms with van der Waals surface area (Å²) in [4.78, 5) is 17.0. The zero-order chi connectivity index (χ0) is 17.4. The number of nitrogens with one attached hydrogen (secondary N) is 1. The monoisotopic (exact) mass is 320 g/mol. The first-order valence-electron chi connectivity index (χ1n) is 8.30. The van der Waals surface area contributed by atoms with Crippen molar-refractivity contribution in [2.45, 2.75) is 32.4 Å². The fraction of sp³-hybridized carbons (Fsp3) is 0.611. The number of nitrogens with two attached hydrogens (primary N) is 1. The Morgan fingerprint density at radius 2 is 1.74 bits per heavy atom. The van der Waals surface area contributed by atoms with Crippen LogP contribution in [0.2, 0.25) is 0 Å². The van der Waals surface area contributed by atoms with Crippen molar-refractivity contribution in [1.29, 1.82) is 0 Å². The number of amides is 1. The van der Waals surface area contributed by atoms with Gasteiger partial charge in [-0.3, -0.25) is 4.79 Å². The Kier molecular flexibility index (Phi) is 8.23. The first kappa shape index (κ1) is 19.6. The summed E-state index contributed by atoms with van der Waals surface area (Å²) in [5.74, 6) is 0.166. The number of hydrogen-bond acceptors (Lipinski definition) is 4. The fourth-order valence-electron chi connectivity index (χ4n) is 2.50. The van der Waals surface area contributed by atoms with Crippen molar-refractivity contribution < 1.29 is 4.79 Å². The molecule has 0 aromatic carbocycles. The maximum atomic E-state index is 12.8. The Labute approximate surface area is 140 Å². The second-order valence-corrected chi connectivity index (χ2v) is 6.56. The minimum Gasteiger partial charge on any atom is -0.339 e. The maximum Gasteiger partial charge on any atom is 0.240 e. The summed E-state index contributed by atoms with van der Waals surface area (Å²) in [5.41, 5.74) is 7.28. The molecule has 5 heteroatoms. The number of rotatable bonds is 8. The van der Waals surface area contributed by atoms with E-state index in [1.807, 2.05) is 17.1 Å². The van der Waals surface area contributed by atoms with Crippen molar-refractivity contribution in [1.82, 2.24) is 15.1 Å². The molecule has 0 bridgehead atoms. The van der Waals surface area contributed by atoms with E-state index in [1.54, 1.807) is 0 Å². The Bertz CT molecular complexity index is 448. The van der Waals surface area contributed by atoms with Gasteiger partial charge in [0.1, 0.15) is 0 Å². The minimum absolute atomic E-state index is 0.166. The minimum atomic E-state index is -0.235. The molecule has 1 unspecified atom stereocenters. The van der Waals surface area contributed by atoms with E-state index in [0.29, 0.717) is 13.0 Å². The lowest BCUT2D eigenvalue weighted by Crippen LogP contribution is -2.54. The number of piperazine rings is 1. The molecule has 0 saturated carbocycles. The Morgan fingerprint density at radius 3 is 2.26 bits per heavy atom. The van der Waals surface area contributed by atoms with Crippen LogP contribution in [0.15, 0.2) is 36.5 Å². The average molecular weight is 320 g/mol. The molecule has 1 rings (SSSR count). The summed E-state index contributed by atoms with van der Waals surface area (Å²) in [5, 5.41) is 3.37. The molecule has 0 aromatic heterocycles. The van der Waals surface area contributed by atoms with Crippen LogP contribution in [-0.4, -0.2) is 67.6 Å². The van der Waals surface area contributed by atoms with E-state index in [4.69, 9.17) is 5.73 Å². The van der Waals surface area contributed by atoms with E-state index >= 15 is 0 Å². The molecular formula is C18H32N4O. The van der Waals surface area contributed by atoms with Gasteiger partial charge in [0, 0.05) is 38.8 Å². The van der Waals surface area contributed by atoms with Crippen molar-refractivity contribution in [3.63, 3.8) is 0 Å². The van der Waals surface area contributed by atoms with E-state index in [-0.39, 0.29) is 18.0 Å². The second-order valence-electron chi connectivity index (χ2n) is 6.56. The van der Waals surface area contributed by atoms with Gasteiger partial charge < -0.3 is 20.9 Å². The topological polar surface area (TPSA) is 61.6 Å². The summed E-state index contributed by atoms with van der Waals surface area (Å²) < 4.78 is 0. The number of likely N-dealkylation sites (N-methyl/N-ethyl adjacent to an activating group) is 1. The first-order chi connectivity index (χ1) is 10.8. The van der Waals surface area contributed by atoms with Crippen LogP contribution in [0.25, 0.3) is 0 Å². The van der Waals surface area contributed by atoms with Gasteiger partial charge in [-0.15, -0.1) is 0 Å². The SMILES string of the molecule is C=C(/C=C\C(=C)CC(NC(C)C)C(=O)N1CCN(C)CC1)CN. The highest BCUT2D eigenvalue weighted by Gasteiger charge is 2.27. The molecular weight excluding hydrogens is 288 g/mol. The predicted molar refractivity (Wildman–Crippen MR) is 97.2 cm³/mol. The zero-order valence-electron chi connectivity index (χ0n) is 14.8. The van der Waals surface area contributed by atoms with Gasteiger partial charge in [0.05, 0.1) is 6.04 Å². The Balaban J connectivity index is 2.67. The summed E-state index contributed by atoms with van der Waals surface area (Å²) in [6, 6.07) is 0.00824. The normalized spacial score (nSPS) is 17.7. The standard InChI is InChI=1S/C18H32N4O/c1-14(2)20-17(12-15(3)6-7-16(4)13-19)18(23)22-10-8-21(5)9-11-22/h6-7,14,17,20H,3-4,8-13,19H2,1-2,5H3/b7-6-. The van der Waals surface area contributed by atoms with Gasteiger partial charge in [0.15, 0.2) is 0 Å². The fourth-order valence-corrected chi connectivity index (χ4v) is 2.50. The highest BCUT2D eigenvalue weighted by molar-refractivity contribution is 5.82. The van der Waals surface area contributed by atoms with Gasteiger partial charge in [-0.25, -0.2) is 0 Å². The van der Waals surface area contributed by atoms with Gasteiger partial charge in [-0.1, -0.05) is 44.7 Å². The lowest BCUT2D eigenvalue weighted by molar-refractivity contribution is -0.135. The maximum absolute atomic E-state index is 12.8. The first-order valence-corrected chi connectivity index (χ1v) is 8.30. The summed E-state index contributed by atoms with van der Waals surface area (Å²) in [7, 11) is 2.09. The van der Waals surface area contributed by atoms with Crippen LogP contribution in [0.4, 0.5) is 0 Å². The molecule has 0 radical (unpaired) electrons. The number of carbonyl (C=O) groups excluding carboxylic acids is 1. The third-order valence-electron chi connectivity index (χ3n) is 3.93. The molecule has 1 heterocycles. The molecule has 1 aliphatic heterocycles. The summed E-state index contributed by atoms with van der Waals surface area (Å²) in [6.45, 7) is 15.9. The number of hydrogen-bond donors (Lipinski definition) is 2. The quantitative estimate of drug-likeness (QED) is 0.659. The predicted octanol–water partition coefficient (Wildman–Crippen LogP) is 1.14. The van der Waals surface area contributed by atoms with Gasteiger partial charge in [-0.2, -0.15) is 0 Å². The third kappa shape index (κ3) is 7.12. The number of allylic oxidation sites excluding steroid dienone is 1. The van der Waals surface area contributed by atoms with Gasteiger partial charge in [-0.05, 0) is 19.0 Å². The lowest BCUT2D eigenvalue weighted by atomic mass is 10.0. The van der Waals surface area contributed by atoms with E-state index in [9.17, 15) is 4.79 Å². The average Bonchev–Trinajstić information content (AvgIpc) is 2.51. The van der Waals surface area contributed by atoms with Crippen LogP contribution in [0.5, 0.6) is 0 Å². The highest BCUT2D eigenvalue weighted by atomic mass is 16.2. The number of nitrogens with zero attached hydrogens (tertiary/aromatic N) is 2. The van der Waals surface area contributed by atoms with Gasteiger partial charge in [0.25, 0.3) is 0 Å². The summed E-state index contributed by atoms with van der Waals surface area (Å²) >= 11 is 0. The smallest absolute Gasteiger partial charge is 0.240 e. The van der Waals surface area contributed by atoms with Gasteiger partial charge in [0.2, 0.25) is 5.91 Å². The summed E-state index contributed by atoms with van der Waals surface area (Å²) in [6.07, 6.45) is 4.37. The lowest BCUT2D eigenvalue weighted by Gasteiger charge is -2.35. The van der Waals surface area contributed by atoms with Crippen LogP contribution >= 0.6 is 0 Å². The molecule has 1 fully saturated rings. The van der Waals surface area contributed by atoms with Crippen molar-refractivity contribution in [2.24, 2.45) is 5.73 Å². The van der Waals surface area contributed by atoms with Gasteiger partial charge >= 0.3 is 0 Å². The van der Waals surface area contributed by atoms with Crippen molar-refractivity contribution in [2.75, 3.05) is 39.8 Å². The number of carbonyl (C=O) groups is 1. The van der Waals surface area contributed by atoms with E-state index in [2.05, 4.69) is 44.3 Å². The molecule has 1 saturated heterocycles. The van der Waals surface area contributed by atoms with Crippen molar-refractivity contribution >= 4 is 5.91 Å². The molecule has 130 valence electrons. The van der Waals surface area contributed by atoms with Crippen LogP contribution in [-0.2, 0) is 4.79 Å². The second kappa shape index (κ2) is 9.65. The largest absolute Gasteiger partial charge is 0.339 e. The molecule has 3 N–H and O–H groups in total. The van der Waals surface area contributed by atoms with E-state index < -0.39 is 0 Å². The van der Waals surface area contributed by atoms with Crippen LogP contribution < -0.4 is 11.1 Å². The van der Waals surface area contributed by atoms with Crippen LogP contribution in [0, 0.1) is 0 Å². The van der Waals surface area contributed by atoms with Crippen molar-refractivity contribution in [3.8, 4) is 0 Å². The zero-order valence-corrected chi connectivity index (χ0v) is 14.8. The van der Waals surface area contributed by atoms with E-state index in [0.717, 1.165) is 37.3 Å². The molecule has 0 aliphatic carbocycles. The molecule has 1 aliphatic rings. The Morgan fingerprint density at radius 1 is 1.17 bits per heavy atom. The molecule has 1 amide bonds. The van der Waals surface area contributed by atoms with E-state index in [1.165, 1.54) is 0 Å². The van der Waals surface area contributed by atoms with Crippen molar-refractivity contribution in [3.05, 3.63) is 36.5 Å². The van der Waals surface area contributed by atoms with Crippen LogP contribution in [0.1, 0.15) is 20.3 Å². The molecule has 1 atom stereocenters. The molecule has 0 aromatic rings. The van der Waals surface area contributed by atoms with Crippen LogP contribution in [0.3, 0.4) is 0 Å². The highest BCUT2D eigenvalue weighted by Crippen LogP contribution is 2.12.